The molecule has 0 aromatic heterocycles. The molecule has 0 atom stereocenters. The molecule has 2 heterocycles. The van der Waals surface area contributed by atoms with Crippen molar-refractivity contribution in [3.8, 4) is 11.5 Å². The van der Waals surface area contributed by atoms with Gasteiger partial charge in [0.05, 0.1) is 6.54 Å². The van der Waals surface area contributed by atoms with Crippen molar-refractivity contribution in [2.24, 2.45) is 0 Å². The van der Waals surface area contributed by atoms with Crippen LogP contribution in [0.15, 0.2) is 18.2 Å². The molecule has 6 heteroatoms. The average Bonchev–Trinajstić information content (AvgIpc) is 2.89. The molecule has 6 nitrogen and oxygen atoms in total. The molecule has 1 amide bonds. The van der Waals surface area contributed by atoms with E-state index in [-0.39, 0.29) is 18.5 Å². The van der Waals surface area contributed by atoms with Crippen molar-refractivity contribution < 1.29 is 19.1 Å². The summed E-state index contributed by atoms with van der Waals surface area (Å²) >= 11 is 0. The molecule has 106 valence electrons. The van der Waals surface area contributed by atoms with Crippen LogP contribution in [0.2, 0.25) is 0 Å². The Balaban J connectivity index is 1.55. The van der Waals surface area contributed by atoms with Crippen LogP contribution in [0.25, 0.3) is 0 Å². The van der Waals surface area contributed by atoms with Gasteiger partial charge < -0.3 is 14.8 Å². The zero-order valence-corrected chi connectivity index (χ0v) is 11.1. The summed E-state index contributed by atoms with van der Waals surface area (Å²) in [7, 11) is 0. The van der Waals surface area contributed by atoms with Crippen LogP contribution in [0.3, 0.4) is 0 Å². The fraction of sp³-hybridized carbons (Fsp3) is 0.429. The Bertz CT molecular complexity index is 534. The second kappa shape index (κ2) is 5.50. The highest BCUT2D eigenvalue weighted by Gasteiger charge is 2.19. The summed E-state index contributed by atoms with van der Waals surface area (Å²) in [5, 5.41) is 2.83. The number of likely N-dealkylation sites (tertiary alicyclic amines) is 1. The van der Waals surface area contributed by atoms with Crippen LogP contribution in [0.4, 0.5) is 5.69 Å². The van der Waals surface area contributed by atoms with Crippen LogP contribution in [0, 0.1) is 0 Å². The molecule has 1 N–H and O–H groups in total. The number of ether oxygens (including phenoxy) is 2. The molecule has 0 unspecified atom stereocenters. The van der Waals surface area contributed by atoms with Gasteiger partial charge in [-0.05, 0) is 12.1 Å². The molecule has 0 saturated carbocycles. The minimum atomic E-state index is -0.0850. The fourth-order valence-electron chi connectivity index (χ4n) is 2.34. The van der Waals surface area contributed by atoms with Crippen molar-refractivity contribution in [3.63, 3.8) is 0 Å². The topological polar surface area (TPSA) is 67.9 Å². The van der Waals surface area contributed by atoms with Gasteiger partial charge in [-0.25, -0.2) is 0 Å². The number of carbonyl (C=O) groups is 2. The number of anilines is 1. The van der Waals surface area contributed by atoms with Crippen LogP contribution >= 0.6 is 0 Å². The number of Topliss-reactive ketones (excluding diaryl/α,β-unsaturated/α-hetero) is 1. The molecule has 2 aliphatic heterocycles. The van der Waals surface area contributed by atoms with E-state index in [0.29, 0.717) is 49.7 Å². The number of hydrogen-bond acceptors (Lipinski definition) is 5. The first-order chi connectivity index (χ1) is 9.70. The minimum Gasteiger partial charge on any atom is -0.454 e. The maximum Gasteiger partial charge on any atom is 0.238 e. The molecular formula is C14H16N2O4. The first-order valence-corrected chi connectivity index (χ1v) is 6.64. The van der Waals surface area contributed by atoms with Crippen LogP contribution in [0.5, 0.6) is 11.5 Å². The molecule has 1 saturated heterocycles. The monoisotopic (exact) mass is 276 g/mol. The van der Waals surface area contributed by atoms with Crippen molar-refractivity contribution in [1.82, 2.24) is 4.90 Å². The van der Waals surface area contributed by atoms with E-state index in [1.165, 1.54) is 0 Å². The van der Waals surface area contributed by atoms with Crippen LogP contribution in [-0.2, 0) is 9.59 Å². The van der Waals surface area contributed by atoms with Gasteiger partial charge in [-0.1, -0.05) is 0 Å². The Morgan fingerprint density at radius 1 is 1.20 bits per heavy atom. The third-order valence-electron chi connectivity index (χ3n) is 3.44. The molecule has 20 heavy (non-hydrogen) atoms. The number of hydrogen-bond donors (Lipinski definition) is 1. The highest BCUT2D eigenvalue weighted by atomic mass is 16.7. The molecule has 1 fully saturated rings. The number of carbonyl (C=O) groups excluding carboxylic acids is 2. The maximum absolute atomic E-state index is 12.0. The number of benzene rings is 1. The Morgan fingerprint density at radius 2 is 1.95 bits per heavy atom. The standard InChI is InChI=1S/C14H16N2O4/c17-11-3-5-16(6-4-11)8-14(18)15-10-1-2-12-13(7-10)20-9-19-12/h1-2,7H,3-6,8-9H2,(H,15,18). The highest BCUT2D eigenvalue weighted by molar-refractivity contribution is 5.92. The van der Waals surface area contributed by atoms with Gasteiger partial charge in [-0.15, -0.1) is 0 Å². The van der Waals surface area contributed by atoms with E-state index in [0.717, 1.165) is 0 Å². The Morgan fingerprint density at radius 3 is 2.75 bits per heavy atom. The first kappa shape index (κ1) is 12.9. The molecule has 2 aliphatic rings. The van der Waals surface area contributed by atoms with Gasteiger partial charge in [0.2, 0.25) is 12.7 Å². The number of fused-ring (bicyclic) bond motifs is 1. The smallest absolute Gasteiger partial charge is 0.238 e. The van der Waals surface area contributed by atoms with Gasteiger partial charge in [0, 0.05) is 37.7 Å². The highest BCUT2D eigenvalue weighted by Crippen LogP contribution is 2.34. The van der Waals surface area contributed by atoms with Gasteiger partial charge in [0.1, 0.15) is 5.78 Å². The van der Waals surface area contributed by atoms with E-state index < -0.39 is 0 Å². The second-order valence-corrected chi connectivity index (χ2v) is 4.93. The van der Waals surface area contributed by atoms with Gasteiger partial charge in [-0.3, -0.25) is 14.5 Å². The molecule has 1 aromatic rings. The van der Waals surface area contributed by atoms with Crippen molar-refractivity contribution in [3.05, 3.63) is 18.2 Å². The van der Waals surface area contributed by atoms with E-state index >= 15 is 0 Å². The number of nitrogens with zero attached hydrogens (tertiary/aromatic N) is 1. The third-order valence-corrected chi connectivity index (χ3v) is 3.44. The molecule has 0 radical (unpaired) electrons. The number of piperidine rings is 1. The Labute approximate surface area is 116 Å². The van der Waals surface area contributed by atoms with Crippen molar-refractivity contribution in [1.29, 1.82) is 0 Å². The molecule has 1 aromatic carbocycles. The van der Waals surface area contributed by atoms with Crippen molar-refractivity contribution >= 4 is 17.4 Å². The Hall–Kier alpha value is -2.08. The normalized spacial score (nSPS) is 18.1. The average molecular weight is 276 g/mol. The quantitative estimate of drug-likeness (QED) is 0.892. The van der Waals surface area contributed by atoms with Crippen LogP contribution in [-0.4, -0.2) is 43.0 Å². The van der Waals surface area contributed by atoms with Gasteiger partial charge in [0.25, 0.3) is 0 Å². The third kappa shape index (κ3) is 2.91. The lowest BCUT2D eigenvalue weighted by atomic mass is 10.1. The summed E-state index contributed by atoms with van der Waals surface area (Å²) in [6.45, 7) is 1.84. The number of amides is 1. The van der Waals surface area contributed by atoms with Gasteiger partial charge >= 0.3 is 0 Å². The van der Waals surface area contributed by atoms with Crippen molar-refractivity contribution in [2.75, 3.05) is 31.7 Å². The van der Waals surface area contributed by atoms with E-state index in [1.54, 1.807) is 18.2 Å². The Kier molecular flexibility index (Phi) is 3.56. The van der Waals surface area contributed by atoms with Gasteiger partial charge in [-0.2, -0.15) is 0 Å². The number of rotatable bonds is 3. The lowest BCUT2D eigenvalue weighted by Crippen LogP contribution is -2.39. The number of ketones is 1. The summed E-state index contributed by atoms with van der Waals surface area (Å²) in [6.07, 6.45) is 1.08. The van der Waals surface area contributed by atoms with E-state index in [2.05, 4.69) is 5.32 Å². The minimum absolute atomic E-state index is 0.0850. The molecule has 3 rings (SSSR count). The van der Waals surface area contributed by atoms with E-state index in [9.17, 15) is 9.59 Å². The fourth-order valence-corrected chi connectivity index (χ4v) is 2.34. The molecule has 0 aliphatic carbocycles. The SMILES string of the molecule is O=C1CCN(CC(=O)Nc2ccc3c(c2)OCO3)CC1. The molecule has 0 spiro atoms. The predicted octanol–water partition coefficient (Wildman–Crippen LogP) is 1.02. The largest absolute Gasteiger partial charge is 0.454 e. The first-order valence-electron chi connectivity index (χ1n) is 6.64. The number of nitrogens with one attached hydrogen (secondary N) is 1. The van der Waals surface area contributed by atoms with Crippen molar-refractivity contribution in [2.45, 2.75) is 12.8 Å². The predicted molar refractivity (Wildman–Crippen MR) is 71.9 cm³/mol. The summed E-state index contributed by atoms with van der Waals surface area (Å²) in [5.74, 6) is 1.53. The van der Waals surface area contributed by atoms with E-state index in [4.69, 9.17) is 9.47 Å². The summed E-state index contributed by atoms with van der Waals surface area (Å²) < 4.78 is 10.5. The molecule has 0 bridgehead atoms. The zero-order chi connectivity index (χ0) is 13.9. The summed E-state index contributed by atoms with van der Waals surface area (Å²) in [6, 6.07) is 5.31. The lowest BCUT2D eigenvalue weighted by molar-refractivity contribution is -0.124. The van der Waals surface area contributed by atoms with E-state index in [1.807, 2.05) is 4.90 Å². The zero-order valence-electron chi connectivity index (χ0n) is 11.1. The van der Waals surface area contributed by atoms with Crippen LogP contribution < -0.4 is 14.8 Å². The van der Waals surface area contributed by atoms with Crippen LogP contribution in [0.1, 0.15) is 12.8 Å². The molecular weight excluding hydrogens is 260 g/mol. The van der Waals surface area contributed by atoms with Gasteiger partial charge in [0.15, 0.2) is 11.5 Å². The second-order valence-electron chi connectivity index (χ2n) is 4.93. The summed E-state index contributed by atoms with van der Waals surface area (Å²) in [5.41, 5.74) is 0.687. The lowest BCUT2D eigenvalue weighted by Gasteiger charge is -2.24. The maximum atomic E-state index is 12.0. The summed E-state index contributed by atoms with van der Waals surface area (Å²) in [4.78, 5) is 25.1.